The Morgan fingerprint density at radius 1 is 1.26 bits per heavy atom. The minimum Gasteiger partial charge on any atom is -0.397 e. The van der Waals surface area contributed by atoms with E-state index in [-0.39, 0.29) is 5.02 Å². The van der Waals surface area contributed by atoms with Crippen LogP contribution in [-0.2, 0) is 6.42 Å². The predicted octanol–water partition coefficient (Wildman–Crippen LogP) is 3.87. The normalized spacial score (nSPS) is 9.95. The Balaban J connectivity index is 2.22. The first-order valence-electron chi connectivity index (χ1n) is 5.57. The number of rotatable bonds is 3. The van der Waals surface area contributed by atoms with Gasteiger partial charge in [0.2, 0.25) is 0 Å². The second-order valence-corrected chi connectivity index (χ2v) is 4.42. The number of hydrogen-bond acceptors (Lipinski definition) is 3. The van der Waals surface area contributed by atoms with Crippen molar-refractivity contribution in [2.45, 2.75) is 6.42 Å². The molecule has 0 aliphatic carbocycles. The van der Waals surface area contributed by atoms with Gasteiger partial charge in [-0.2, -0.15) is 5.26 Å². The van der Waals surface area contributed by atoms with E-state index in [0.717, 1.165) is 11.3 Å². The van der Waals surface area contributed by atoms with Gasteiger partial charge < -0.3 is 11.1 Å². The van der Waals surface area contributed by atoms with E-state index >= 15 is 0 Å². The fourth-order valence-corrected chi connectivity index (χ4v) is 1.80. The average molecular weight is 276 g/mol. The van der Waals surface area contributed by atoms with Crippen molar-refractivity contribution in [3.63, 3.8) is 0 Å². The molecule has 3 N–H and O–H groups in total. The van der Waals surface area contributed by atoms with Gasteiger partial charge >= 0.3 is 0 Å². The lowest BCUT2D eigenvalue weighted by Gasteiger charge is -2.10. The van der Waals surface area contributed by atoms with Crippen LogP contribution in [0.2, 0.25) is 5.02 Å². The van der Waals surface area contributed by atoms with Crippen molar-refractivity contribution >= 4 is 28.7 Å². The number of nitrogens with one attached hydrogen (secondary N) is 1. The number of nitrogens with zero attached hydrogens (tertiary/aromatic N) is 1. The zero-order chi connectivity index (χ0) is 13.8. The van der Waals surface area contributed by atoms with Gasteiger partial charge in [0.25, 0.3) is 0 Å². The molecule has 0 aliphatic rings. The average Bonchev–Trinajstić information content (AvgIpc) is 2.38. The van der Waals surface area contributed by atoms with E-state index in [0.29, 0.717) is 17.8 Å². The largest absolute Gasteiger partial charge is 0.397 e. The molecule has 0 amide bonds. The quantitative estimate of drug-likeness (QED) is 0.836. The molecule has 0 radical (unpaired) electrons. The van der Waals surface area contributed by atoms with Gasteiger partial charge in [0.15, 0.2) is 0 Å². The van der Waals surface area contributed by atoms with Crippen LogP contribution in [0.25, 0.3) is 0 Å². The molecular formula is C14H11ClFN3. The highest BCUT2D eigenvalue weighted by Gasteiger charge is 2.06. The first-order valence-corrected chi connectivity index (χ1v) is 5.95. The highest BCUT2D eigenvalue weighted by Crippen LogP contribution is 2.28. The molecule has 2 aromatic carbocycles. The smallest absolute Gasteiger partial charge is 0.144 e. The van der Waals surface area contributed by atoms with Crippen molar-refractivity contribution in [2.75, 3.05) is 11.1 Å². The number of hydrogen-bond donors (Lipinski definition) is 2. The number of nitrogens with two attached hydrogens (primary N) is 1. The van der Waals surface area contributed by atoms with E-state index in [1.165, 1.54) is 12.1 Å². The van der Waals surface area contributed by atoms with E-state index in [2.05, 4.69) is 11.4 Å². The van der Waals surface area contributed by atoms with Gasteiger partial charge in [-0.25, -0.2) is 4.39 Å². The minimum absolute atomic E-state index is 0.00702. The first-order chi connectivity index (χ1) is 9.10. The van der Waals surface area contributed by atoms with E-state index in [1.807, 2.05) is 12.1 Å². The maximum atomic E-state index is 13.4. The Morgan fingerprint density at radius 2 is 1.95 bits per heavy atom. The summed E-state index contributed by atoms with van der Waals surface area (Å²) in [5.41, 5.74) is 8.26. The van der Waals surface area contributed by atoms with E-state index < -0.39 is 5.82 Å². The molecule has 0 bridgehead atoms. The van der Waals surface area contributed by atoms with Gasteiger partial charge in [-0.15, -0.1) is 0 Å². The summed E-state index contributed by atoms with van der Waals surface area (Å²) < 4.78 is 13.4. The molecule has 0 saturated heterocycles. The summed E-state index contributed by atoms with van der Waals surface area (Å²) in [6.45, 7) is 0. The number of nitriles is 1. The molecule has 0 atom stereocenters. The van der Waals surface area contributed by atoms with Crippen molar-refractivity contribution in [2.24, 2.45) is 0 Å². The van der Waals surface area contributed by atoms with Crippen LogP contribution in [0.4, 0.5) is 21.5 Å². The van der Waals surface area contributed by atoms with E-state index in [4.69, 9.17) is 22.6 Å². The number of anilines is 3. The van der Waals surface area contributed by atoms with Crippen molar-refractivity contribution < 1.29 is 4.39 Å². The molecule has 0 fully saturated rings. The van der Waals surface area contributed by atoms with Crippen molar-refractivity contribution in [1.29, 1.82) is 5.26 Å². The summed E-state index contributed by atoms with van der Waals surface area (Å²) in [7, 11) is 0. The standard InChI is InChI=1S/C14H11ClFN3/c15-11-7-13(18)14(8-12(11)16)19-10-3-1-9(2-4-10)5-6-17/h1-4,7-8,19H,5,18H2. The fraction of sp³-hybridized carbons (Fsp3) is 0.0714. The number of nitrogen functional groups attached to an aromatic ring is 1. The predicted molar refractivity (Wildman–Crippen MR) is 74.9 cm³/mol. The van der Waals surface area contributed by atoms with E-state index in [1.54, 1.807) is 12.1 Å². The highest BCUT2D eigenvalue weighted by atomic mass is 35.5. The van der Waals surface area contributed by atoms with Crippen LogP contribution < -0.4 is 11.1 Å². The van der Waals surface area contributed by atoms with Gasteiger partial charge in [-0.1, -0.05) is 23.7 Å². The molecule has 0 saturated carbocycles. The maximum Gasteiger partial charge on any atom is 0.144 e. The SMILES string of the molecule is N#CCc1ccc(Nc2cc(F)c(Cl)cc2N)cc1. The molecular weight excluding hydrogens is 265 g/mol. The molecule has 0 spiro atoms. The summed E-state index contributed by atoms with van der Waals surface area (Å²) in [5, 5.41) is 11.6. The summed E-state index contributed by atoms with van der Waals surface area (Å²) in [5.74, 6) is -0.528. The zero-order valence-corrected chi connectivity index (χ0v) is 10.7. The van der Waals surface area contributed by atoms with Crippen LogP contribution in [0.15, 0.2) is 36.4 Å². The lowest BCUT2D eigenvalue weighted by atomic mass is 10.1. The van der Waals surface area contributed by atoms with Crippen molar-refractivity contribution in [3.05, 3.63) is 52.8 Å². The Kier molecular flexibility index (Phi) is 3.88. The lowest BCUT2D eigenvalue weighted by Crippen LogP contribution is -1.97. The molecule has 5 heteroatoms. The van der Waals surface area contributed by atoms with Crippen molar-refractivity contribution in [1.82, 2.24) is 0 Å². The van der Waals surface area contributed by atoms with Crippen LogP contribution in [0, 0.1) is 17.1 Å². The summed E-state index contributed by atoms with van der Waals surface area (Å²) >= 11 is 5.63. The highest BCUT2D eigenvalue weighted by molar-refractivity contribution is 6.31. The maximum absolute atomic E-state index is 13.4. The third-order valence-electron chi connectivity index (χ3n) is 2.61. The van der Waals surface area contributed by atoms with Gasteiger partial charge in [0.05, 0.1) is 28.9 Å². The Hall–Kier alpha value is -2.25. The van der Waals surface area contributed by atoms with Crippen LogP contribution in [0.1, 0.15) is 5.56 Å². The number of halogens is 2. The molecule has 0 unspecified atom stereocenters. The molecule has 0 heterocycles. The Morgan fingerprint density at radius 3 is 2.58 bits per heavy atom. The van der Waals surface area contributed by atoms with Crippen LogP contribution in [0.3, 0.4) is 0 Å². The summed E-state index contributed by atoms with van der Waals surface area (Å²) in [6, 6.07) is 11.9. The molecule has 19 heavy (non-hydrogen) atoms. The van der Waals surface area contributed by atoms with Crippen molar-refractivity contribution in [3.8, 4) is 6.07 Å². The Bertz CT molecular complexity index is 632. The van der Waals surface area contributed by atoms with Crippen LogP contribution in [-0.4, -0.2) is 0 Å². The van der Waals surface area contributed by atoms with E-state index in [9.17, 15) is 4.39 Å². The van der Waals surface area contributed by atoms with Gasteiger partial charge in [-0.05, 0) is 23.8 Å². The second-order valence-electron chi connectivity index (χ2n) is 4.01. The fourth-order valence-electron chi connectivity index (χ4n) is 1.62. The molecule has 0 aliphatic heterocycles. The van der Waals surface area contributed by atoms with Gasteiger partial charge in [0, 0.05) is 11.8 Å². The molecule has 2 aromatic rings. The number of benzene rings is 2. The van der Waals surface area contributed by atoms with Gasteiger partial charge in [0.1, 0.15) is 5.82 Å². The first kappa shape index (κ1) is 13.2. The third kappa shape index (κ3) is 3.15. The summed E-state index contributed by atoms with van der Waals surface area (Å²) in [4.78, 5) is 0. The monoisotopic (exact) mass is 275 g/mol. The topological polar surface area (TPSA) is 61.8 Å². The third-order valence-corrected chi connectivity index (χ3v) is 2.90. The molecule has 96 valence electrons. The summed E-state index contributed by atoms with van der Waals surface area (Å²) in [6.07, 6.45) is 0.359. The van der Waals surface area contributed by atoms with Gasteiger partial charge in [-0.3, -0.25) is 0 Å². The molecule has 3 nitrogen and oxygen atoms in total. The zero-order valence-electron chi connectivity index (χ0n) is 9.95. The van der Waals surface area contributed by atoms with Crippen LogP contribution >= 0.6 is 11.6 Å². The Labute approximate surface area is 115 Å². The van der Waals surface area contributed by atoms with Crippen LogP contribution in [0.5, 0.6) is 0 Å². The lowest BCUT2D eigenvalue weighted by molar-refractivity contribution is 0.629. The minimum atomic E-state index is -0.528. The molecule has 2 rings (SSSR count). The second kappa shape index (κ2) is 5.59. The molecule has 0 aromatic heterocycles.